The van der Waals surface area contributed by atoms with Gasteiger partial charge in [-0.3, -0.25) is 4.79 Å². The molecule has 116 valence electrons. The molecular weight excluding hydrogens is 266 g/mol. The molecule has 0 aromatic heterocycles. The first kappa shape index (κ1) is 15.7. The molecule has 21 heavy (non-hydrogen) atoms. The van der Waals surface area contributed by atoms with Crippen LogP contribution < -0.4 is 14.8 Å². The molecule has 0 saturated heterocycles. The van der Waals surface area contributed by atoms with Crippen LogP contribution in [0.2, 0.25) is 0 Å². The minimum Gasteiger partial charge on any atom is -0.493 e. The number of hydrogen-bond acceptors (Lipinski definition) is 3. The van der Waals surface area contributed by atoms with E-state index in [1.54, 1.807) is 32.4 Å². The molecule has 1 aliphatic carbocycles. The quantitative estimate of drug-likeness (QED) is 0.926. The van der Waals surface area contributed by atoms with E-state index in [-0.39, 0.29) is 11.9 Å². The third-order valence-corrected chi connectivity index (χ3v) is 4.67. The van der Waals surface area contributed by atoms with Crippen LogP contribution in [0.4, 0.5) is 0 Å². The lowest BCUT2D eigenvalue weighted by Crippen LogP contribution is -2.43. The zero-order valence-electron chi connectivity index (χ0n) is 13.3. The Hall–Kier alpha value is -1.71. The molecule has 3 atom stereocenters. The van der Waals surface area contributed by atoms with Crippen molar-refractivity contribution in [3.05, 3.63) is 23.8 Å². The van der Waals surface area contributed by atoms with E-state index in [0.29, 0.717) is 28.9 Å². The zero-order valence-corrected chi connectivity index (χ0v) is 13.3. The van der Waals surface area contributed by atoms with Gasteiger partial charge in [-0.25, -0.2) is 0 Å². The van der Waals surface area contributed by atoms with Crippen molar-refractivity contribution < 1.29 is 14.3 Å². The summed E-state index contributed by atoms with van der Waals surface area (Å²) < 4.78 is 10.4. The van der Waals surface area contributed by atoms with Crippen molar-refractivity contribution in [3.8, 4) is 11.5 Å². The van der Waals surface area contributed by atoms with Gasteiger partial charge in [-0.15, -0.1) is 0 Å². The number of amides is 1. The lowest BCUT2D eigenvalue weighted by Gasteiger charge is -2.34. The highest BCUT2D eigenvalue weighted by atomic mass is 16.5. The first-order chi connectivity index (χ1) is 10.1. The molecule has 1 aliphatic rings. The summed E-state index contributed by atoms with van der Waals surface area (Å²) in [6.45, 7) is 4.49. The molecule has 1 amide bonds. The molecule has 0 spiro atoms. The molecule has 0 heterocycles. The summed E-state index contributed by atoms with van der Waals surface area (Å²) in [6, 6.07) is 5.52. The van der Waals surface area contributed by atoms with Crippen molar-refractivity contribution in [2.75, 3.05) is 14.2 Å². The normalized spacial score (nSPS) is 25.2. The van der Waals surface area contributed by atoms with E-state index in [9.17, 15) is 4.79 Å². The number of methoxy groups -OCH3 is 2. The van der Waals surface area contributed by atoms with Crippen molar-refractivity contribution in [3.63, 3.8) is 0 Å². The summed E-state index contributed by atoms with van der Waals surface area (Å²) >= 11 is 0. The second-order valence-corrected chi connectivity index (χ2v) is 5.92. The average Bonchev–Trinajstić information content (AvgIpc) is 2.51. The second-order valence-electron chi connectivity index (χ2n) is 5.92. The number of benzene rings is 1. The third kappa shape index (κ3) is 3.49. The van der Waals surface area contributed by atoms with Gasteiger partial charge >= 0.3 is 0 Å². The van der Waals surface area contributed by atoms with Crippen LogP contribution in [0.15, 0.2) is 18.2 Å². The van der Waals surface area contributed by atoms with E-state index in [1.165, 1.54) is 12.8 Å². The first-order valence-corrected chi connectivity index (χ1v) is 7.59. The summed E-state index contributed by atoms with van der Waals surface area (Å²) in [5.74, 6) is 2.35. The fraction of sp³-hybridized carbons (Fsp3) is 0.588. The molecule has 1 saturated carbocycles. The number of hydrogen-bond donors (Lipinski definition) is 1. The minimum atomic E-state index is -0.0399. The Labute approximate surface area is 126 Å². The van der Waals surface area contributed by atoms with Crippen LogP contribution in [0.5, 0.6) is 11.5 Å². The van der Waals surface area contributed by atoms with E-state index in [4.69, 9.17) is 9.47 Å². The standard InChI is InChI=1S/C17H25NO3/c1-11-6-5-7-14(12(11)2)18-17(19)13-8-9-15(20-3)16(10-13)21-4/h8-12,14H,5-7H2,1-4H3,(H,18,19)/t11-,12+,14+/m1/s1. The summed E-state index contributed by atoms with van der Waals surface area (Å²) in [6.07, 6.45) is 3.50. The second kappa shape index (κ2) is 6.83. The van der Waals surface area contributed by atoms with Crippen LogP contribution in [-0.4, -0.2) is 26.2 Å². The lowest BCUT2D eigenvalue weighted by atomic mass is 9.78. The molecule has 0 bridgehead atoms. The molecular formula is C17H25NO3. The fourth-order valence-electron chi connectivity index (χ4n) is 3.01. The maximum absolute atomic E-state index is 12.4. The summed E-state index contributed by atoms with van der Waals surface area (Å²) in [4.78, 5) is 12.4. The van der Waals surface area contributed by atoms with E-state index in [0.717, 1.165) is 6.42 Å². The Morgan fingerprint density at radius 2 is 1.86 bits per heavy atom. The topological polar surface area (TPSA) is 47.6 Å². The molecule has 1 aromatic rings. The Bertz CT molecular complexity index is 501. The van der Waals surface area contributed by atoms with Crippen LogP contribution in [0.1, 0.15) is 43.5 Å². The Balaban J connectivity index is 2.09. The molecule has 4 nitrogen and oxygen atoms in total. The molecule has 1 aromatic carbocycles. The molecule has 4 heteroatoms. The Kier molecular flexibility index (Phi) is 5.10. The molecule has 2 rings (SSSR count). The number of rotatable bonds is 4. The van der Waals surface area contributed by atoms with Crippen LogP contribution in [0, 0.1) is 11.8 Å². The zero-order chi connectivity index (χ0) is 15.4. The highest BCUT2D eigenvalue weighted by Crippen LogP contribution is 2.30. The van der Waals surface area contributed by atoms with Gasteiger partial charge in [0.1, 0.15) is 0 Å². The van der Waals surface area contributed by atoms with Crippen LogP contribution >= 0.6 is 0 Å². The van der Waals surface area contributed by atoms with Crippen molar-refractivity contribution in [1.82, 2.24) is 5.32 Å². The Morgan fingerprint density at radius 3 is 2.52 bits per heavy atom. The van der Waals surface area contributed by atoms with Crippen LogP contribution in [-0.2, 0) is 0 Å². The summed E-state index contributed by atoms with van der Waals surface area (Å²) in [7, 11) is 3.16. The maximum Gasteiger partial charge on any atom is 0.251 e. The van der Waals surface area contributed by atoms with Crippen LogP contribution in [0.25, 0.3) is 0 Å². The SMILES string of the molecule is COc1ccc(C(=O)N[C@H]2CCC[C@@H](C)[C@@H]2C)cc1OC. The molecule has 0 aliphatic heterocycles. The number of carbonyl (C=O) groups excluding carboxylic acids is 1. The largest absolute Gasteiger partial charge is 0.493 e. The summed E-state index contributed by atoms with van der Waals surface area (Å²) in [5.41, 5.74) is 0.609. The fourth-order valence-corrected chi connectivity index (χ4v) is 3.01. The predicted molar refractivity (Wildman–Crippen MR) is 83.0 cm³/mol. The molecule has 1 fully saturated rings. The van der Waals surface area contributed by atoms with Gasteiger partial charge in [-0.1, -0.05) is 26.7 Å². The van der Waals surface area contributed by atoms with Crippen molar-refractivity contribution >= 4 is 5.91 Å². The van der Waals surface area contributed by atoms with E-state index in [2.05, 4.69) is 19.2 Å². The van der Waals surface area contributed by atoms with Crippen molar-refractivity contribution in [2.24, 2.45) is 11.8 Å². The average molecular weight is 291 g/mol. The monoisotopic (exact) mass is 291 g/mol. The van der Waals surface area contributed by atoms with Gasteiger partial charge in [0.25, 0.3) is 5.91 Å². The summed E-state index contributed by atoms with van der Waals surface area (Å²) in [5, 5.41) is 3.17. The highest BCUT2D eigenvalue weighted by molar-refractivity contribution is 5.95. The van der Waals surface area contributed by atoms with Gasteiger partial charge in [0.2, 0.25) is 0 Å². The van der Waals surface area contributed by atoms with E-state index in [1.807, 2.05) is 0 Å². The van der Waals surface area contributed by atoms with Crippen molar-refractivity contribution in [1.29, 1.82) is 0 Å². The third-order valence-electron chi connectivity index (χ3n) is 4.67. The van der Waals surface area contributed by atoms with Gasteiger partial charge in [-0.2, -0.15) is 0 Å². The molecule has 0 unspecified atom stereocenters. The van der Waals surface area contributed by atoms with Crippen LogP contribution in [0.3, 0.4) is 0 Å². The van der Waals surface area contributed by atoms with Gasteiger partial charge in [0, 0.05) is 11.6 Å². The number of ether oxygens (including phenoxy) is 2. The van der Waals surface area contributed by atoms with E-state index < -0.39 is 0 Å². The maximum atomic E-state index is 12.4. The highest BCUT2D eigenvalue weighted by Gasteiger charge is 2.28. The first-order valence-electron chi connectivity index (χ1n) is 7.59. The number of carbonyl (C=O) groups is 1. The van der Waals surface area contributed by atoms with Gasteiger partial charge in [0.15, 0.2) is 11.5 Å². The van der Waals surface area contributed by atoms with Crippen molar-refractivity contribution in [2.45, 2.75) is 39.2 Å². The Morgan fingerprint density at radius 1 is 1.14 bits per heavy atom. The smallest absolute Gasteiger partial charge is 0.251 e. The predicted octanol–water partition coefficient (Wildman–Crippen LogP) is 3.26. The van der Waals surface area contributed by atoms with Gasteiger partial charge < -0.3 is 14.8 Å². The van der Waals surface area contributed by atoms with Gasteiger partial charge in [0.05, 0.1) is 14.2 Å². The molecule has 1 N–H and O–H groups in total. The lowest BCUT2D eigenvalue weighted by molar-refractivity contribution is 0.0890. The number of nitrogens with one attached hydrogen (secondary N) is 1. The minimum absolute atomic E-state index is 0.0399. The van der Waals surface area contributed by atoms with E-state index >= 15 is 0 Å². The molecule has 0 radical (unpaired) electrons. The van der Waals surface area contributed by atoms with Gasteiger partial charge in [-0.05, 0) is 36.5 Å².